The van der Waals surface area contributed by atoms with Crippen molar-refractivity contribution < 1.29 is 9.53 Å². The van der Waals surface area contributed by atoms with Gasteiger partial charge in [0.05, 0.1) is 23.5 Å². The maximum absolute atomic E-state index is 13.6. The zero-order chi connectivity index (χ0) is 24.2. The molecule has 0 radical (unpaired) electrons. The molecule has 0 N–H and O–H groups in total. The molecule has 0 aliphatic rings. The Bertz CT molecular complexity index is 1490. The van der Waals surface area contributed by atoms with Crippen LogP contribution in [-0.4, -0.2) is 24.2 Å². The molecule has 6 heteroatoms. The second-order valence-corrected chi connectivity index (χ2v) is 9.05. The molecule has 35 heavy (non-hydrogen) atoms. The first-order valence-corrected chi connectivity index (χ1v) is 12.0. The van der Waals surface area contributed by atoms with Crippen molar-refractivity contribution in [2.24, 2.45) is 5.10 Å². The number of carbonyl (C=O) groups excluding carboxylic acids is 1. The van der Waals surface area contributed by atoms with Crippen molar-refractivity contribution in [3.8, 4) is 16.9 Å². The van der Waals surface area contributed by atoms with Gasteiger partial charge in [0.2, 0.25) is 5.13 Å². The number of methoxy groups -OCH3 is 1. The highest BCUT2D eigenvalue weighted by Crippen LogP contribution is 2.32. The Morgan fingerprint density at radius 1 is 0.914 bits per heavy atom. The topological polar surface area (TPSA) is 54.8 Å². The van der Waals surface area contributed by atoms with E-state index >= 15 is 0 Å². The molecule has 172 valence electrons. The van der Waals surface area contributed by atoms with Gasteiger partial charge >= 0.3 is 0 Å². The molecule has 0 atom stereocenters. The van der Waals surface area contributed by atoms with Crippen LogP contribution < -0.4 is 9.75 Å². The quantitative estimate of drug-likeness (QED) is 0.196. The summed E-state index contributed by atoms with van der Waals surface area (Å²) in [6, 6.07) is 31.3. The van der Waals surface area contributed by atoms with Gasteiger partial charge in [0.15, 0.2) is 0 Å². The molecule has 0 spiro atoms. The van der Waals surface area contributed by atoms with Crippen LogP contribution in [0.25, 0.3) is 21.3 Å². The number of carbonyl (C=O) groups is 1. The van der Waals surface area contributed by atoms with Crippen LogP contribution in [0.1, 0.15) is 21.5 Å². The highest BCUT2D eigenvalue weighted by molar-refractivity contribution is 7.22. The van der Waals surface area contributed by atoms with Crippen molar-refractivity contribution in [2.45, 2.75) is 6.92 Å². The minimum absolute atomic E-state index is 0.251. The van der Waals surface area contributed by atoms with Gasteiger partial charge < -0.3 is 4.74 Å². The van der Waals surface area contributed by atoms with Crippen LogP contribution in [0.2, 0.25) is 0 Å². The Kier molecular flexibility index (Phi) is 6.37. The second-order valence-electron chi connectivity index (χ2n) is 8.05. The largest absolute Gasteiger partial charge is 0.497 e. The van der Waals surface area contributed by atoms with E-state index in [0.717, 1.165) is 38.2 Å². The molecule has 4 aromatic carbocycles. The molecule has 0 saturated carbocycles. The standard InChI is InChI=1S/C29H23N3O2S/c1-20-8-10-21(11-9-20)19-30-32(29-31-26-17-16-25(34-2)18-27(26)35-29)28(33)24-14-12-23(13-15-24)22-6-4-3-5-7-22/h3-19H,1-2H3/b30-19+. The average molecular weight is 478 g/mol. The van der Waals surface area contributed by atoms with Gasteiger partial charge in [-0.3, -0.25) is 4.79 Å². The summed E-state index contributed by atoms with van der Waals surface area (Å²) < 4.78 is 6.26. The summed E-state index contributed by atoms with van der Waals surface area (Å²) in [6.07, 6.45) is 1.68. The number of anilines is 1. The van der Waals surface area contributed by atoms with Gasteiger partial charge in [-0.1, -0.05) is 83.6 Å². The summed E-state index contributed by atoms with van der Waals surface area (Å²) >= 11 is 1.40. The summed E-state index contributed by atoms with van der Waals surface area (Å²) in [7, 11) is 1.63. The molecular formula is C29H23N3O2S. The summed E-state index contributed by atoms with van der Waals surface area (Å²) in [5.74, 6) is 0.490. The molecule has 1 amide bonds. The number of aromatic nitrogens is 1. The van der Waals surface area contributed by atoms with E-state index in [-0.39, 0.29) is 5.91 Å². The van der Waals surface area contributed by atoms with E-state index in [9.17, 15) is 4.79 Å². The molecule has 0 unspecified atom stereocenters. The van der Waals surface area contributed by atoms with Crippen molar-refractivity contribution in [2.75, 3.05) is 12.1 Å². The van der Waals surface area contributed by atoms with E-state index in [1.807, 2.05) is 104 Å². The highest BCUT2D eigenvalue weighted by atomic mass is 32.1. The fourth-order valence-electron chi connectivity index (χ4n) is 3.63. The monoisotopic (exact) mass is 477 g/mol. The number of aryl methyl sites for hydroxylation is 1. The number of hydrazone groups is 1. The molecular weight excluding hydrogens is 454 g/mol. The van der Waals surface area contributed by atoms with E-state index in [4.69, 9.17) is 4.74 Å². The third-order valence-electron chi connectivity index (χ3n) is 5.60. The SMILES string of the molecule is COc1ccc2nc(N(/N=C/c3ccc(C)cc3)C(=O)c3ccc(-c4ccccc4)cc3)sc2c1. The number of ether oxygens (including phenoxy) is 1. The first kappa shape index (κ1) is 22.5. The van der Waals surface area contributed by atoms with E-state index in [1.54, 1.807) is 13.3 Å². The van der Waals surface area contributed by atoms with Gasteiger partial charge in [-0.15, -0.1) is 0 Å². The van der Waals surface area contributed by atoms with Gasteiger partial charge in [0.1, 0.15) is 5.75 Å². The molecule has 5 nitrogen and oxygen atoms in total. The molecule has 0 saturated heterocycles. The number of hydrogen-bond acceptors (Lipinski definition) is 5. The number of benzene rings is 4. The Balaban J connectivity index is 1.51. The number of rotatable bonds is 6. The zero-order valence-corrected chi connectivity index (χ0v) is 20.2. The van der Waals surface area contributed by atoms with Crippen molar-refractivity contribution in [1.82, 2.24) is 4.98 Å². The smallest absolute Gasteiger partial charge is 0.280 e. The summed E-state index contributed by atoms with van der Waals surface area (Å²) in [6.45, 7) is 2.03. The number of thiazole rings is 1. The maximum atomic E-state index is 13.6. The number of amides is 1. The molecule has 1 aromatic heterocycles. The maximum Gasteiger partial charge on any atom is 0.280 e. The van der Waals surface area contributed by atoms with E-state index < -0.39 is 0 Å². The molecule has 1 heterocycles. The van der Waals surface area contributed by atoms with Crippen LogP contribution in [0.4, 0.5) is 5.13 Å². The molecule has 0 bridgehead atoms. The van der Waals surface area contributed by atoms with Crippen molar-refractivity contribution in [1.29, 1.82) is 0 Å². The van der Waals surface area contributed by atoms with Crippen LogP contribution in [0, 0.1) is 6.92 Å². The lowest BCUT2D eigenvalue weighted by molar-refractivity contribution is 0.0988. The number of hydrogen-bond donors (Lipinski definition) is 0. The zero-order valence-electron chi connectivity index (χ0n) is 19.4. The van der Waals surface area contributed by atoms with Crippen LogP contribution >= 0.6 is 11.3 Å². The summed E-state index contributed by atoms with van der Waals surface area (Å²) in [5, 5.41) is 6.43. The molecule has 0 fully saturated rings. The highest BCUT2D eigenvalue weighted by Gasteiger charge is 2.21. The Labute approximate surface area is 208 Å². The van der Waals surface area contributed by atoms with Gasteiger partial charge in [-0.05, 0) is 53.9 Å². The van der Waals surface area contributed by atoms with Crippen LogP contribution in [0.3, 0.4) is 0 Å². The Morgan fingerprint density at radius 2 is 1.63 bits per heavy atom. The van der Waals surface area contributed by atoms with Gasteiger partial charge in [-0.2, -0.15) is 10.1 Å². The average Bonchev–Trinajstić information content (AvgIpc) is 3.33. The van der Waals surface area contributed by atoms with Crippen molar-refractivity contribution >= 4 is 38.8 Å². The minimum atomic E-state index is -0.251. The van der Waals surface area contributed by atoms with Crippen molar-refractivity contribution in [3.63, 3.8) is 0 Å². The van der Waals surface area contributed by atoms with Crippen LogP contribution in [0.5, 0.6) is 5.75 Å². The first-order valence-electron chi connectivity index (χ1n) is 11.2. The third-order valence-corrected chi connectivity index (χ3v) is 6.59. The minimum Gasteiger partial charge on any atom is -0.497 e. The molecule has 5 rings (SSSR count). The normalized spacial score (nSPS) is 11.1. The van der Waals surface area contributed by atoms with Crippen LogP contribution in [0.15, 0.2) is 102 Å². The predicted octanol–water partition coefficient (Wildman–Crippen LogP) is 6.96. The molecule has 0 aliphatic carbocycles. The van der Waals surface area contributed by atoms with Gasteiger partial charge in [0, 0.05) is 5.56 Å². The van der Waals surface area contributed by atoms with Gasteiger partial charge in [0.25, 0.3) is 5.91 Å². The molecule has 0 aliphatic heterocycles. The Hall–Kier alpha value is -4.29. The summed E-state index contributed by atoms with van der Waals surface area (Å²) in [5.41, 5.74) is 5.52. The van der Waals surface area contributed by atoms with Crippen molar-refractivity contribution in [3.05, 3.63) is 114 Å². The summed E-state index contributed by atoms with van der Waals surface area (Å²) in [4.78, 5) is 18.3. The lowest BCUT2D eigenvalue weighted by atomic mass is 10.0. The fourth-order valence-corrected chi connectivity index (χ4v) is 4.58. The number of nitrogens with zero attached hydrogens (tertiary/aromatic N) is 3. The Morgan fingerprint density at radius 3 is 2.34 bits per heavy atom. The van der Waals surface area contributed by atoms with E-state index in [2.05, 4.69) is 10.1 Å². The van der Waals surface area contributed by atoms with E-state index in [0.29, 0.717) is 10.7 Å². The lowest BCUT2D eigenvalue weighted by Crippen LogP contribution is -2.25. The first-order chi connectivity index (χ1) is 17.1. The van der Waals surface area contributed by atoms with E-state index in [1.165, 1.54) is 16.3 Å². The predicted molar refractivity (Wildman–Crippen MR) is 144 cm³/mol. The lowest BCUT2D eigenvalue weighted by Gasteiger charge is -2.14. The molecule has 5 aromatic rings. The second kappa shape index (κ2) is 9.91. The third kappa shape index (κ3) is 4.98. The van der Waals surface area contributed by atoms with Gasteiger partial charge in [-0.25, -0.2) is 4.98 Å². The van der Waals surface area contributed by atoms with Crippen LogP contribution in [-0.2, 0) is 0 Å². The number of fused-ring (bicyclic) bond motifs is 1. The fraction of sp³-hybridized carbons (Fsp3) is 0.0690.